The van der Waals surface area contributed by atoms with Crippen molar-refractivity contribution in [1.82, 2.24) is 0 Å². The first-order valence-corrected chi connectivity index (χ1v) is 13.7. The molecule has 0 aliphatic heterocycles. The largest absolute Gasteiger partial charge is 0.513 e. The maximum absolute atomic E-state index is 12.6. The fraction of sp³-hybridized carbons (Fsp3) is 0.643. The van der Waals surface area contributed by atoms with Crippen molar-refractivity contribution < 1.29 is 52.3 Å². The van der Waals surface area contributed by atoms with Crippen LogP contribution in [-0.2, 0) is 34.9 Å². The van der Waals surface area contributed by atoms with Crippen LogP contribution in [0.4, 0.5) is 14.4 Å². The molecule has 0 amide bonds. The lowest BCUT2D eigenvalue weighted by Crippen LogP contribution is -2.51. The number of carbonyl (C=O) groups excluding carboxylic acids is 4. The van der Waals surface area contributed by atoms with Crippen molar-refractivity contribution in [1.29, 1.82) is 0 Å². The first-order valence-electron chi connectivity index (χ1n) is 13.7. The second-order valence-corrected chi connectivity index (χ2v) is 9.12. The van der Waals surface area contributed by atoms with E-state index >= 15 is 0 Å². The third-order valence-corrected chi connectivity index (χ3v) is 5.63. The summed E-state index contributed by atoms with van der Waals surface area (Å²) in [5, 5.41) is 0. The topological polar surface area (TPSA) is 159 Å². The van der Waals surface area contributed by atoms with Gasteiger partial charge in [-0.25, -0.2) is 14.4 Å². The minimum Gasteiger partial charge on any atom is -0.468 e. The van der Waals surface area contributed by atoms with Gasteiger partial charge in [0.1, 0.15) is 5.54 Å². The summed E-state index contributed by atoms with van der Waals surface area (Å²) < 4.78 is 35.5. The lowest BCUT2D eigenvalue weighted by Gasteiger charge is -2.26. The van der Waals surface area contributed by atoms with Crippen molar-refractivity contribution in [2.75, 3.05) is 33.5 Å². The molecule has 0 spiro atoms. The molecule has 1 aromatic carbocycles. The molecule has 12 nitrogen and oxygen atoms in total. The minimum atomic E-state index is -1.60. The summed E-state index contributed by atoms with van der Waals surface area (Å²) in [4.78, 5) is 48.7. The summed E-state index contributed by atoms with van der Waals surface area (Å²) in [5.74, 6) is -0.959. The quantitative estimate of drug-likeness (QED) is 0.103. The molecule has 0 aromatic heterocycles. The molecule has 0 heterocycles. The first-order chi connectivity index (χ1) is 19.2. The standard InChI is InChI=1S/C28H43NO11/c1-5-8-10-16-36-26(32)39-22-13-12-21(19-23(22)40-27(33)37-17-11-9-6-2)20-28(29,24(30)34-4)14-18-38-25(31)35-15-7-3/h12-13,19H,5-11,14-18,20,29H2,1-4H3/t28-/m1/s1. The van der Waals surface area contributed by atoms with Gasteiger partial charge < -0.3 is 38.9 Å². The predicted molar refractivity (Wildman–Crippen MR) is 144 cm³/mol. The molecule has 12 heteroatoms. The number of rotatable bonds is 18. The van der Waals surface area contributed by atoms with E-state index in [2.05, 4.69) is 0 Å². The Kier molecular flexibility index (Phi) is 16.8. The van der Waals surface area contributed by atoms with E-state index in [-0.39, 0.29) is 50.8 Å². The maximum atomic E-state index is 12.6. The third kappa shape index (κ3) is 13.5. The minimum absolute atomic E-state index is 0.0844. The zero-order valence-electron chi connectivity index (χ0n) is 24.0. The number of hydrogen-bond donors (Lipinski definition) is 1. The van der Waals surface area contributed by atoms with E-state index in [1.54, 1.807) is 6.07 Å². The molecule has 226 valence electrons. The van der Waals surface area contributed by atoms with Gasteiger partial charge in [-0.1, -0.05) is 52.5 Å². The Labute approximate surface area is 235 Å². The van der Waals surface area contributed by atoms with Crippen LogP contribution in [0, 0.1) is 0 Å². The Hall–Kier alpha value is -3.54. The smallest absolute Gasteiger partial charge is 0.468 e. The Morgan fingerprint density at radius 3 is 1.80 bits per heavy atom. The number of carbonyl (C=O) groups is 4. The van der Waals surface area contributed by atoms with Gasteiger partial charge in [-0.05, 0) is 37.0 Å². The van der Waals surface area contributed by atoms with Crippen LogP contribution >= 0.6 is 0 Å². The molecular weight excluding hydrogens is 526 g/mol. The molecule has 1 aromatic rings. The van der Waals surface area contributed by atoms with Gasteiger partial charge in [-0.2, -0.15) is 0 Å². The van der Waals surface area contributed by atoms with Gasteiger partial charge in [-0.15, -0.1) is 0 Å². The van der Waals surface area contributed by atoms with Crippen LogP contribution in [0.15, 0.2) is 18.2 Å². The Morgan fingerprint density at radius 1 is 0.700 bits per heavy atom. The fourth-order valence-electron chi connectivity index (χ4n) is 3.45. The van der Waals surface area contributed by atoms with E-state index in [1.165, 1.54) is 19.2 Å². The van der Waals surface area contributed by atoms with Crippen LogP contribution in [0.2, 0.25) is 0 Å². The van der Waals surface area contributed by atoms with Gasteiger partial charge >= 0.3 is 24.4 Å². The van der Waals surface area contributed by atoms with Crippen molar-refractivity contribution in [2.24, 2.45) is 5.73 Å². The molecule has 0 aliphatic rings. The lowest BCUT2D eigenvalue weighted by atomic mass is 9.88. The van der Waals surface area contributed by atoms with Crippen molar-refractivity contribution in [3.05, 3.63) is 23.8 Å². The lowest BCUT2D eigenvalue weighted by molar-refractivity contribution is -0.147. The van der Waals surface area contributed by atoms with E-state index in [4.69, 9.17) is 38.9 Å². The number of nitrogens with two attached hydrogens (primary N) is 1. The molecule has 2 N–H and O–H groups in total. The average Bonchev–Trinajstić information content (AvgIpc) is 2.93. The van der Waals surface area contributed by atoms with E-state index in [9.17, 15) is 19.2 Å². The second-order valence-electron chi connectivity index (χ2n) is 9.12. The third-order valence-electron chi connectivity index (χ3n) is 5.63. The van der Waals surface area contributed by atoms with Gasteiger partial charge in [-0.3, -0.25) is 4.79 Å². The van der Waals surface area contributed by atoms with Crippen LogP contribution in [0.25, 0.3) is 0 Å². The Bertz CT molecular complexity index is 937. The zero-order chi connectivity index (χ0) is 29.8. The molecule has 0 saturated heterocycles. The van der Waals surface area contributed by atoms with E-state index in [0.717, 1.165) is 25.7 Å². The van der Waals surface area contributed by atoms with Gasteiger partial charge in [0.25, 0.3) is 0 Å². The molecule has 0 fully saturated rings. The molecule has 0 bridgehead atoms. The summed E-state index contributed by atoms with van der Waals surface area (Å²) in [5.41, 5.74) is 5.21. The number of benzene rings is 1. The molecule has 0 saturated carbocycles. The molecule has 1 atom stereocenters. The van der Waals surface area contributed by atoms with Crippen LogP contribution < -0.4 is 15.2 Å². The number of ether oxygens (including phenoxy) is 7. The monoisotopic (exact) mass is 569 g/mol. The molecule has 0 unspecified atom stereocenters. The van der Waals surface area contributed by atoms with E-state index in [1.807, 2.05) is 20.8 Å². The van der Waals surface area contributed by atoms with Gasteiger partial charge in [0, 0.05) is 12.8 Å². The highest BCUT2D eigenvalue weighted by Gasteiger charge is 2.36. The molecule has 40 heavy (non-hydrogen) atoms. The summed E-state index contributed by atoms with van der Waals surface area (Å²) in [6.45, 7) is 6.23. The number of hydrogen-bond acceptors (Lipinski definition) is 12. The highest BCUT2D eigenvalue weighted by atomic mass is 16.7. The summed E-state index contributed by atoms with van der Waals surface area (Å²) >= 11 is 0. The molecular formula is C28H43NO11. The molecule has 0 aliphatic carbocycles. The van der Waals surface area contributed by atoms with Crippen LogP contribution in [0.5, 0.6) is 11.5 Å². The summed E-state index contributed by atoms with van der Waals surface area (Å²) in [7, 11) is 1.19. The number of esters is 1. The van der Waals surface area contributed by atoms with Crippen molar-refractivity contribution >= 4 is 24.4 Å². The van der Waals surface area contributed by atoms with Crippen molar-refractivity contribution in [2.45, 2.75) is 84.1 Å². The summed E-state index contributed by atoms with van der Waals surface area (Å²) in [6.07, 6.45) is 2.68. The Morgan fingerprint density at radius 2 is 1.25 bits per heavy atom. The van der Waals surface area contributed by atoms with E-state index < -0.39 is 30.0 Å². The molecule has 1 rings (SSSR count). The van der Waals surface area contributed by atoms with Gasteiger partial charge in [0.05, 0.1) is 33.5 Å². The van der Waals surface area contributed by atoms with Crippen LogP contribution in [0.3, 0.4) is 0 Å². The maximum Gasteiger partial charge on any atom is 0.513 e. The van der Waals surface area contributed by atoms with Gasteiger partial charge in [0.15, 0.2) is 11.5 Å². The normalized spacial score (nSPS) is 12.0. The van der Waals surface area contributed by atoms with Crippen LogP contribution in [-0.4, -0.2) is 63.5 Å². The SMILES string of the molecule is CCCCCOC(=O)Oc1ccc(C[C@](N)(CCOC(=O)OCCC)C(=O)OC)cc1OC(=O)OCCCCC. The van der Waals surface area contributed by atoms with Crippen LogP contribution in [0.1, 0.15) is 77.7 Å². The molecule has 0 radical (unpaired) electrons. The average molecular weight is 570 g/mol. The van der Waals surface area contributed by atoms with E-state index in [0.29, 0.717) is 24.8 Å². The number of unbranched alkanes of at least 4 members (excludes halogenated alkanes) is 4. The van der Waals surface area contributed by atoms with Crippen molar-refractivity contribution in [3.63, 3.8) is 0 Å². The van der Waals surface area contributed by atoms with Gasteiger partial charge in [0.2, 0.25) is 0 Å². The van der Waals surface area contributed by atoms with Crippen molar-refractivity contribution in [3.8, 4) is 11.5 Å². The Balaban J connectivity index is 3.06. The summed E-state index contributed by atoms with van der Waals surface area (Å²) in [6, 6.07) is 4.33. The highest BCUT2D eigenvalue weighted by Crippen LogP contribution is 2.31. The highest BCUT2D eigenvalue weighted by molar-refractivity contribution is 5.81. The fourth-order valence-corrected chi connectivity index (χ4v) is 3.45. The predicted octanol–water partition coefficient (Wildman–Crippen LogP) is 5.46. The first kappa shape index (κ1) is 34.5. The second kappa shape index (κ2) is 19.5. The zero-order valence-corrected chi connectivity index (χ0v) is 24.0. The number of methoxy groups -OCH3 is 1.